The summed E-state index contributed by atoms with van der Waals surface area (Å²) in [7, 11) is 0. The van der Waals surface area contributed by atoms with E-state index in [1.807, 2.05) is 5.32 Å². The second kappa shape index (κ2) is 10.8. The van der Waals surface area contributed by atoms with Crippen molar-refractivity contribution in [2.45, 2.75) is 82.4 Å². The monoisotopic (exact) mass is 572 g/mol. The van der Waals surface area contributed by atoms with Crippen LogP contribution in [0.4, 0.5) is 19.0 Å². The van der Waals surface area contributed by atoms with E-state index in [1.165, 1.54) is 12.3 Å². The molecule has 2 bridgehead atoms. The summed E-state index contributed by atoms with van der Waals surface area (Å²) < 4.78 is 44.2. The van der Waals surface area contributed by atoms with Crippen molar-refractivity contribution >= 4 is 40.8 Å². The molecule has 2 aliphatic heterocycles. The van der Waals surface area contributed by atoms with Crippen molar-refractivity contribution < 1.29 is 27.5 Å². The van der Waals surface area contributed by atoms with Crippen LogP contribution in [0.25, 0.3) is 0 Å². The standard InChI is InChI=1S/C26H29Cl2F3N4O3/c1-14(26(29,30)31)33-23(36)15-4-9-22(32-13-15)35-18-6-7-19(35)12-17(11-18)34-24(37)25(2,3)38-21-8-5-16(27)10-20(21)28/h4-5,8-10,13-14,17-19H,6-7,11-12H2,1-3H3,(H,33,36)(H,34,37)/t14-,17-,18+,19-/m0/s1. The highest BCUT2D eigenvalue weighted by atomic mass is 35.5. The number of ether oxygens (including phenoxy) is 1. The number of hydrogen-bond donors (Lipinski definition) is 2. The third kappa shape index (κ3) is 6.29. The van der Waals surface area contributed by atoms with Crippen molar-refractivity contribution in [2.24, 2.45) is 0 Å². The molecule has 7 nitrogen and oxygen atoms in total. The van der Waals surface area contributed by atoms with Gasteiger partial charge in [-0.3, -0.25) is 9.59 Å². The average molecular weight is 573 g/mol. The molecule has 0 spiro atoms. The predicted octanol–water partition coefficient (Wildman–Crippen LogP) is 5.54. The number of rotatable bonds is 7. The maximum atomic E-state index is 13.1. The lowest BCUT2D eigenvalue weighted by atomic mass is 9.96. The summed E-state index contributed by atoms with van der Waals surface area (Å²) in [6.07, 6.45) is 0.0176. The van der Waals surface area contributed by atoms with Crippen molar-refractivity contribution in [2.75, 3.05) is 4.90 Å². The smallest absolute Gasteiger partial charge is 0.408 e. The van der Waals surface area contributed by atoms with Gasteiger partial charge in [-0.25, -0.2) is 4.98 Å². The van der Waals surface area contributed by atoms with Crippen LogP contribution in [0.2, 0.25) is 10.0 Å². The Morgan fingerprint density at radius 2 is 1.76 bits per heavy atom. The van der Waals surface area contributed by atoms with Gasteiger partial charge in [-0.05, 0) is 76.8 Å². The van der Waals surface area contributed by atoms with Crippen LogP contribution in [0.5, 0.6) is 5.75 Å². The number of aromatic nitrogens is 1. The normalized spacial score (nSPS) is 22.1. The highest BCUT2D eigenvalue weighted by Crippen LogP contribution is 2.39. The van der Waals surface area contributed by atoms with Crippen molar-refractivity contribution in [3.8, 4) is 5.75 Å². The zero-order chi connectivity index (χ0) is 27.8. The minimum atomic E-state index is -4.52. The first-order valence-corrected chi connectivity index (χ1v) is 13.1. The van der Waals surface area contributed by atoms with E-state index in [9.17, 15) is 22.8 Å². The lowest BCUT2D eigenvalue weighted by molar-refractivity contribution is -0.149. The number of fused-ring (bicyclic) bond motifs is 2. The Hall–Kier alpha value is -2.72. The van der Waals surface area contributed by atoms with Crippen LogP contribution in [0.15, 0.2) is 36.5 Å². The first-order chi connectivity index (χ1) is 17.7. The number of benzene rings is 1. The predicted molar refractivity (Wildman–Crippen MR) is 139 cm³/mol. The summed E-state index contributed by atoms with van der Waals surface area (Å²) in [6.45, 7) is 4.24. The van der Waals surface area contributed by atoms with Gasteiger partial charge in [-0.1, -0.05) is 23.2 Å². The highest BCUT2D eigenvalue weighted by Gasteiger charge is 2.43. The van der Waals surface area contributed by atoms with Crippen molar-refractivity contribution in [1.29, 1.82) is 0 Å². The fraction of sp³-hybridized carbons (Fsp3) is 0.500. The number of nitrogens with one attached hydrogen (secondary N) is 2. The number of piperidine rings is 1. The fourth-order valence-electron chi connectivity index (χ4n) is 4.94. The van der Waals surface area contributed by atoms with E-state index >= 15 is 0 Å². The molecule has 12 heteroatoms. The quantitative estimate of drug-likeness (QED) is 0.455. The molecular formula is C26H29Cl2F3N4O3. The Kier molecular flexibility index (Phi) is 8.04. The fourth-order valence-corrected chi connectivity index (χ4v) is 5.39. The second-order valence-corrected chi connectivity index (χ2v) is 11.1. The van der Waals surface area contributed by atoms with Gasteiger partial charge in [0.05, 0.1) is 10.6 Å². The summed E-state index contributed by atoms with van der Waals surface area (Å²) in [5, 5.41) is 5.84. The summed E-state index contributed by atoms with van der Waals surface area (Å²) in [6, 6.07) is 6.19. The number of anilines is 1. The van der Waals surface area contributed by atoms with E-state index in [0.717, 1.165) is 19.8 Å². The maximum absolute atomic E-state index is 13.1. The van der Waals surface area contributed by atoms with E-state index < -0.39 is 23.7 Å². The van der Waals surface area contributed by atoms with Gasteiger partial charge in [0.1, 0.15) is 17.6 Å². The largest absolute Gasteiger partial charge is 0.476 e. The third-order valence-corrected chi connectivity index (χ3v) is 7.52. The molecule has 0 radical (unpaired) electrons. The number of amides is 2. The second-order valence-electron chi connectivity index (χ2n) is 10.3. The molecule has 4 rings (SSSR count). The Morgan fingerprint density at radius 3 is 2.32 bits per heavy atom. The molecule has 38 heavy (non-hydrogen) atoms. The van der Waals surface area contributed by atoms with Crippen molar-refractivity contribution in [3.05, 3.63) is 52.1 Å². The molecule has 2 aromatic rings. The van der Waals surface area contributed by atoms with E-state index in [4.69, 9.17) is 27.9 Å². The number of carbonyl (C=O) groups is 2. The van der Waals surface area contributed by atoms with Crippen LogP contribution in [-0.2, 0) is 4.79 Å². The molecule has 1 aromatic carbocycles. The molecule has 2 saturated heterocycles. The first kappa shape index (κ1) is 28.3. The molecule has 2 fully saturated rings. The molecule has 0 aliphatic carbocycles. The van der Waals surface area contributed by atoms with Gasteiger partial charge in [0.15, 0.2) is 5.60 Å². The summed E-state index contributed by atoms with van der Waals surface area (Å²) in [4.78, 5) is 31.8. The summed E-state index contributed by atoms with van der Waals surface area (Å²) in [5.41, 5.74) is -1.11. The van der Waals surface area contributed by atoms with E-state index in [0.29, 0.717) is 34.5 Å². The SMILES string of the molecule is C[C@H](NC(=O)c1ccc(N2[C@@H]3CC[C@H]2C[C@@H](NC(=O)C(C)(C)Oc2ccc(Cl)cc2Cl)C3)nc1)C(F)(F)F. The minimum absolute atomic E-state index is 0.0577. The Labute approximate surface area is 229 Å². The highest BCUT2D eigenvalue weighted by molar-refractivity contribution is 6.35. The molecule has 2 N–H and O–H groups in total. The molecule has 3 heterocycles. The van der Waals surface area contributed by atoms with Crippen LogP contribution in [0.3, 0.4) is 0 Å². The van der Waals surface area contributed by atoms with Gasteiger partial charge >= 0.3 is 6.18 Å². The number of nitrogens with zero attached hydrogens (tertiary/aromatic N) is 2. The zero-order valence-corrected chi connectivity index (χ0v) is 22.6. The number of carbonyl (C=O) groups excluding carboxylic acids is 2. The number of alkyl halides is 3. The van der Waals surface area contributed by atoms with Gasteiger partial charge in [-0.2, -0.15) is 13.2 Å². The van der Waals surface area contributed by atoms with Gasteiger partial charge in [-0.15, -0.1) is 0 Å². The molecule has 1 aromatic heterocycles. The maximum Gasteiger partial charge on any atom is 0.408 e. The van der Waals surface area contributed by atoms with Crippen LogP contribution in [0.1, 0.15) is 56.8 Å². The molecular weight excluding hydrogens is 544 g/mol. The lowest BCUT2D eigenvalue weighted by Crippen LogP contribution is -2.55. The van der Waals surface area contributed by atoms with E-state index in [1.54, 1.807) is 38.1 Å². The van der Waals surface area contributed by atoms with Crippen molar-refractivity contribution in [1.82, 2.24) is 15.6 Å². The number of hydrogen-bond acceptors (Lipinski definition) is 5. The van der Waals surface area contributed by atoms with E-state index in [2.05, 4.69) is 15.2 Å². The van der Waals surface area contributed by atoms with Gasteiger partial charge < -0.3 is 20.3 Å². The topological polar surface area (TPSA) is 83.6 Å². The summed E-state index contributed by atoms with van der Waals surface area (Å²) in [5.74, 6) is -0.0724. The number of halogens is 5. The van der Waals surface area contributed by atoms with E-state index in [-0.39, 0.29) is 29.6 Å². The van der Waals surface area contributed by atoms with Gasteiger partial charge in [0, 0.05) is 29.3 Å². The van der Waals surface area contributed by atoms with Crippen LogP contribution in [-0.4, -0.2) is 52.7 Å². The first-order valence-electron chi connectivity index (χ1n) is 12.3. The molecule has 2 amide bonds. The minimum Gasteiger partial charge on any atom is -0.476 e. The third-order valence-electron chi connectivity index (χ3n) is 6.99. The molecule has 4 atom stereocenters. The van der Waals surface area contributed by atoms with Crippen LogP contribution in [0, 0.1) is 0 Å². The Bertz CT molecular complexity index is 1180. The lowest BCUT2D eigenvalue weighted by Gasteiger charge is -2.40. The average Bonchev–Trinajstić information content (AvgIpc) is 3.10. The Balaban J connectivity index is 1.36. The molecule has 0 unspecified atom stereocenters. The zero-order valence-electron chi connectivity index (χ0n) is 21.1. The van der Waals surface area contributed by atoms with Crippen LogP contribution >= 0.6 is 23.2 Å². The van der Waals surface area contributed by atoms with Crippen molar-refractivity contribution in [3.63, 3.8) is 0 Å². The van der Waals surface area contributed by atoms with Gasteiger partial charge in [0.25, 0.3) is 11.8 Å². The molecule has 206 valence electrons. The number of pyridine rings is 1. The van der Waals surface area contributed by atoms with Gasteiger partial charge in [0.2, 0.25) is 0 Å². The Morgan fingerprint density at radius 1 is 1.11 bits per heavy atom. The molecule has 0 saturated carbocycles. The van der Waals surface area contributed by atoms with Crippen LogP contribution < -0.4 is 20.3 Å². The molecule has 2 aliphatic rings. The summed E-state index contributed by atoms with van der Waals surface area (Å²) >= 11 is 12.1.